The van der Waals surface area contributed by atoms with Crippen molar-refractivity contribution >= 4 is 35.0 Å². The predicted octanol–water partition coefficient (Wildman–Crippen LogP) is 3.67. The number of nitrogens with one attached hydrogen (secondary N) is 1. The van der Waals surface area contributed by atoms with Crippen molar-refractivity contribution in [2.75, 3.05) is 19.7 Å². The molecule has 7 heteroatoms. The molecule has 2 amide bonds. The lowest BCUT2D eigenvalue weighted by molar-refractivity contribution is -0.137. The minimum Gasteiger partial charge on any atom is -0.482 e. The quantitative estimate of drug-likeness (QED) is 0.822. The van der Waals surface area contributed by atoms with Crippen LogP contribution >= 0.6 is 23.2 Å². The maximum atomic E-state index is 12.3. The van der Waals surface area contributed by atoms with E-state index in [2.05, 4.69) is 5.32 Å². The van der Waals surface area contributed by atoms with Crippen LogP contribution in [0.1, 0.15) is 38.5 Å². The summed E-state index contributed by atoms with van der Waals surface area (Å²) in [5, 5.41) is 4.06. The summed E-state index contributed by atoms with van der Waals surface area (Å²) in [6.07, 6.45) is 5.99. The second kappa shape index (κ2) is 8.96. The molecule has 0 spiro atoms. The van der Waals surface area contributed by atoms with Crippen molar-refractivity contribution in [1.82, 2.24) is 10.2 Å². The maximum absolute atomic E-state index is 12.3. The van der Waals surface area contributed by atoms with Gasteiger partial charge in [0.25, 0.3) is 5.91 Å². The second-order valence-electron chi connectivity index (χ2n) is 7.01. The minimum atomic E-state index is -0.0920. The van der Waals surface area contributed by atoms with Crippen molar-refractivity contribution < 1.29 is 14.3 Å². The van der Waals surface area contributed by atoms with Crippen molar-refractivity contribution in [3.8, 4) is 5.75 Å². The molecule has 1 N–H and O–H groups in total. The van der Waals surface area contributed by atoms with E-state index in [-0.39, 0.29) is 24.3 Å². The number of rotatable bonds is 5. The van der Waals surface area contributed by atoms with E-state index in [1.165, 1.54) is 12.8 Å². The summed E-state index contributed by atoms with van der Waals surface area (Å²) < 4.78 is 5.51. The van der Waals surface area contributed by atoms with Gasteiger partial charge in [-0.2, -0.15) is 0 Å². The molecular weight excluding hydrogens is 375 g/mol. The number of likely N-dealkylation sites (tertiary alicyclic amines) is 1. The first-order valence-electron chi connectivity index (χ1n) is 9.19. The van der Waals surface area contributed by atoms with E-state index in [0.717, 1.165) is 12.8 Å². The zero-order chi connectivity index (χ0) is 18.5. The van der Waals surface area contributed by atoms with Crippen molar-refractivity contribution in [2.45, 2.75) is 44.6 Å². The van der Waals surface area contributed by atoms with Crippen LogP contribution in [0, 0.1) is 5.92 Å². The van der Waals surface area contributed by atoms with Crippen LogP contribution in [0.3, 0.4) is 0 Å². The molecule has 0 unspecified atom stereocenters. The van der Waals surface area contributed by atoms with Crippen LogP contribution in [-0.2, 0) is 9.59 Å². The van der Waals surface area contributed by atoms with Gasteiger partial charge < -0.3 is 15.0 Å². The number of carbonyl (C=O) groups is 2. The molecule has 142 valence electrons. The lowest BCUT2D eigenvalue weighted by Gasteiger charge is -2.31. The third kappa shape index (κ3) is 5.04. The summed E-state index contributed by atoms with van der Waals surface area (Å²) in [4.78, 5) is 26.4. The number of ether oxygens (including phenoxy) is 1. The lowest BCUT2D eigenvalue weighted by atomic mass is 9.95. The number of amides is 2. The highest BCUT2D eigenvalue weighted by Gasteiger charge is 2.29. The fourth-order valence-corrected chi connectivity index (χ4v) is 4.07. The largest absolute Gasteiger partial charge is 0.482 e. The Morgan fingerprint density at radius 2 is 1.81 bits per heavy atom. The van der Waals surface area contributed by atoms with Crippen molar-refractivity contribution in [3.63, 3.8) is 0 Å². The summed E-state index contributed by atoms with van der Waals surface area (Å²) in [7, 11) is 0. The molecule has 26 heavy (non-hydrogen) atoms. The number of benzene rings is 1. The summed E-state index contributed by atoms with van der Waals surface area (Å²) in [6.45, 7) is 1.10. The van der Waals surface area contributed by atoms with Gasteiger partial charge in [0.1, 0.15) is 5.75 Å². The van der Waals surface area contributed by atoms with Crippen molar-refractivity contribution in [2.24, 2.45) is 5.92 Å². The Labute approximate surface area is 164 Å². The minimum absolute atomic E-state index is 0.00581. The van der Waals surface area contributed by atoms with E-state index in [1.807, 2.05) is 0 Å². The molecule has 0 atom stereocenters. The molecule has 1 aromatic rings. The molecule has 2 aliphatic rings. The van der Waals surface area contributed by atoms with Gasteiger partial charge in [-0.1, -0.05) is 36.0 Å². The standard InChI is InChI=1S/C19H24Cl2N2O3/c20-14-5-6-17(16(21)11-14)26-12-18(24)23-9-7-13(8-10-23)19(25)22-15-3-1-2-4-15/h5-6,11,13,15H,1-4,7-10,12H2,(H,22,25). The molecule has 2 fully saturated rings. The fraction of sp³-hybridized carbons (Fsp3) is 0.579. The van der Waals surface area contributed by atoms with Gasteiger partial charge in [-0.05, 0) is 43.9 Å². The molecule has 0 aromatic heterocycles. The number of carbonyl (C=O) groups excluding carboxylic acids is 2. The summed E-state index contributed by atoms with van der Waals surface area (Å²) in [6, 6.07) is 5.25. The first-order valence-corrected chi connectivity index (χ1v) is 9.94. The number of nitrogens with zero attached hydrogens (tertiary/aromatic N) is 1. The highest BCUT2D eigenvalue weighted by Crippen LogP contribution is 2.27. The highest BCUT2D eigenvalue weighted by molar-refractivity contribution is 6.35. The fourth-order valence-electron chi connectivity index (χ4n) is 3.60. The Morgan fingerprint density at radius 3 is 2.46 bits per heavy atom. The van der Waals surface area contributed by atoms with Gasteiger partial charge in [0, 0.05) is 30.1 Å². The first-order chi connectivity index (χ1) is 12.5. The zero-order valence-electron chi connectivity index (χ0n) is 14.7. The van der Waals surface area contributed by atoms with E-state index in [9.17, 15) is 9.59 Å². The van der Waals surface area contributed by atoms with Gasteiger partial charge in [0.2, 0.25) is 5.91 Å². The summed E-state index contributed by atoms with van der Waals surface area (Å²) >= 11 is 11.9. The van der Waals surface area contributed by atoms with E-state index in [1.54, 1.807) is 23.1 Å². The van der Waals surface area contributed by atoms with Gasteiger partial charge >= 0.3 is 0 Å². The van der Waals surface area contributed by atoms with Gasteiger partial charge in [-0.3, -0.25) is 9.59 Å². The number of hydrogen-bond acceptors (Lipinski definition) is 3. The number of halogens is 2. The second-order valence-corrected chi connectivity index (χ2v) is 7.85. The Kier molecular flexibility index (Phi) is 6.65. The van der Waals surface area contributed by atoms with Crippen LogP contribution in [-0.4, -0.2) is 42.5 Å². The van der Waals surface area contributed by atoms with E-state index < -0.39 is 0 Å². The first kappa shape index (κ1) is 19.3. The third-order valence-corrected chi connectivity index (χ3v) is 5.70. The number of hydrogen-bond donors (Lipinski definition) is 1. The Hall–Kier alpha value is -1.46. The summed E-state index contributed by atoms with van der Waals surface area (Å²) in [5.74, 6) is 0.500. The number of piperidine rings is 1. The Bertz CT molecular complexity index is 654. The van der Waals surface area contributed by atoms with Crippen LogP contribution in [0.4, 0.5) is 0 Å². The smallest absolute Gasteiger partial charge is 0.260 e. The molecular formula is C19H24Cl2N2O3. The Morgan fingerprint density at radius 1 is 1.12 bits per heavy atom. The molecule has 5 nitrogen and oxygen atoms in total. The average molecular weight is 399 g/mol. The topological polar surface area (TPSA) is 58.6 Å². The molecule has 1 heterocycles. The van der Waals surface area contributed by atoms with Crippen LogP contribution in [0.15, 0.2) is 18.2 Å². The lowest BCUT2D eigenvalue weighted by Crippen LogP contribution is -2.46. The van der Waals surface area contributed by atoms with Gasteiger partial charge in [-0.15, -0.1) is 0 Å². The molecule has 1 saturated carbocycles. The zero-order valence-corrected chi connectivity index (χ0v) is 16.2. The SMILES string of the molecule is O=C(NC1CCCC1)C1CCN(C(=O)COc2ccc(Cl)cc2Cl)CC1. The average Bonchev–Trinajstić information content (AvgIpc) is 3.14. The van der Waals surface area contributed by atoms with E-state index in [4.69, 9.17) is 27.9 Å². The molecule has 1 aromatic carbocycles. The molecule has 0 bridgehead atoms. The molecule has 3 rings (SSSR count). The highest BCUT2D eigenvalue weighted by atomic mass is 35.5. The van der Waals surface area contributed by atoms with Crippen molar-refractivity contribution in [3.05, 3.63) is 28.2 Å². The van der Waals surface area contributed by atoms with E-state index in [0.29, 0.717) is 47.8 Å². The van der Waals surface area contributed by atoms with Crippen LogP contribution in [0.2, 0.25) is 10.0 Å². The molecule has 1 aliphatic carbocycles. The third-order valence-electron chi connectivity index (χ3n) is 5.17. The van der Waals surface area contributed by atoms with Crippen LogP contribution in [0.5, 0.6) is 5.75 Å². The van der Waals surface area contributed by atoms with Gasteiger partial charge in [0.15, 0.2) is 6.61 Å². The van der Waals surface area contributed by atoms with Gasteiger partial charge in [0.05, 0.1) is 5.02 Å². The molecule has 0 radical (unpaired) electrons. The van der Waals surface area contributed by atoms with Crippen molar-refractivity contribution in [1.29, 1.82) is 0 Å². The predicted molar refractivity (Wildman–Crippen MR) is 102 cm³/mol. The molecule has 1 aliphatic heterocycles. The normalized spacial score (nSPS) is 18.8. The monoisotopic (exact) mass is 398 g/mol. The summed E-state index contributed by atoms with van der Waals surface area (Å²) in [5.41, 5.74) is 0. The van der Waals surface area contributed by atoms with E-state index >= 15 is 0 Å². The van der Waals surface area contributed by atoms with Crippen LogP contribution < -0.4 is 10.1 Å². The molecule has 1 saturated heterocycles. The Balaban J connectivity index is 1.42. The maximum Gasteiger partial charge on any atom is 0.260 e. The van der Waals surface area contributed by atoms with Gasteiger partial charge in [-0.25, -0.2) is 0 Å². The van der Waals surface area contributed by atoms with Crippen LogP contribution in [0.25, 0.3) is 0 Å².